The summed E-state index contributed by atoms with van der Waals surface area (Å²) < 4.78 is 5.18. The van der Waals surface area contributed by atoms with Gasteiger partial charge in [-0.25, -0.2) is 4.79 Å². The highest BCUT2D eigenvalue weighted by molar-refractivity contribution is 5.78. The number of hydrogen-bond donors (Lipinski definition) is 1. The van der Waals surface area contributed by atoms with E-state index in [1.54, 1.807) is 0 Å². The van der Waals surface area contributed by atoms with Crippen LogP contribution in [0.15, 0.2) is 36.4 Å². The maximum atomic E-state index is 10.6. The summed E-state index contributed by atoms with van der Waals surface area (Å²) in [7, 11) is 0. The van der Waals surface area contributed by atoms with Gasteiger partial charge in [-0.1, -0.05) is 24.3 Å². The lowest BCUT2D eigenvalue weighted by atomic mass is 10.2. The van der Waals surface area contributed by atoms with Gasteiger partial charge in [-0.3, -0.25) is 4.98 Å². The average molecular weight is 231 g/mol. The Balaban J connectivity index is 2.12. The molecule has 88 valence electrons. The van der Waals surface area contributed by atoms with Crippen LogP contribution in [0.3, 0.4) is 0 Å². The zero-order chi connectivity index (χ0) is 12.3. The van der Waals surface area contributed by atoms with Crippen LogP contribution in [0.25, 0.3) is 10.9 Å². The minimum atomic E-state index is -0.967. The molecule has 0 bridgehead atoms. The van der Waals surface area contributed by atoms with Crippen LogP contribution in [0.1, 0.15) is 12.6 Å². The number of para-hydroxylation sites is 1. The van der Waals surface area contributed by atoms with Crippen molar-refractivity contribution < 1.29 is 14.6 Å². The topological polar surface area (TPSA) is 59.4 Å². The smallest absolute Gasteiger partial charge is 0.332 e. The van der Waals surface area contributed by atoms with Gasteiger partial charge in [0.25, 0.3) is 0 Å². The fourth-order valence-corrected chi connectivity index (χ4v) is 1.47. The van der Waals surface area contributed by atoms with Gasteiger partial charge in [0.2, 0.25) is 0 Å². The summed E-state index contributed by atoms with van der Waals surface area (Å²) in [6.07, 6.45) is -0.816. The Morgan fingerprint density at radius 1 is 1.35 bits per heavy atom. The standard InChI is InChI=1S/C13H13NO3/c1-9(13(15)16)17-8-11-7-6-10-4-2-3-5-12(10)14-11/h2-7,9H,8H2,1H3,(H,15,16)/t9-/m1/s1. The Kier molecular flexibility index (Phi) is 3.35. The van der Waals surface area contributed by atoms with Gasteiger partial charge in [-0.05, 0) is 19.1 Å². The largest absolute Gasteiger partial charge is 0.479 e. The fourth-order valence-electron chi connectivity index (χ4n) is 1.47. The van der Waals surface area contributed by atoms with E-state index < -0.39 is 12.1 Å². The number of aromatic nitrogens is 1. The minimum Gasteiger partial charge on any atom is -0.479 e. The second kappa shape index (κ2) is 4.93. The Labute approximate surface area is 98.9 Å². The monoisotopic (exact) mass is 231 g/mol. The number of nitrogens with zero attached hydrogens (tertiary/aromatic N) is 1. The zero-order valence-corrected chi connectivity index (χ0v) is 9.46. The summed E-state index contributed by atoms with van der Waals surface area (Å²) in [4.78, 5) is 15.0. The third-order valence-corrected chi connectivity index (χ3v) is 2.49. The molecule has 4 nitrogen and oxygen atoms in total. The first-order valence-electron chi connectivity index (χ1n) is 5.36. The molecule has 0 aliphatic heterocycles. The highest BCUT2D eigenvalue weighted by Crippen LogP contribution is 2.12. The number of hydrogen-bond acceptors (Lipinski definition) is 3. The van der Waals surface area contributed by atoms with Crippen molar-refractivity contribution in [3.05, 3.63) is 42.1 Å². The molecule has 2 rings (SSSR count). The molecule has 0 radical (unpaired) electrons. The first-order valence-corrected chi connectivity index (χ1v) is 5.36. The van der Waals surface area contributed by atoms with Gasteiger partial charge >= 0.3 is 5.97 Å². The second-order valence-corrected chi connectivity index (χ2v) is 3.79. The van der Waals surface area contributed by atoms with Crippen LogP contribution < -0.4 is 0 Å². The predicted molar refractivity (Wildman–Crippen MR) is 63.6 cm³/mol. The molecule has 0 amide bonds. The van der Waals surface area contributed by atoms with Gasteiger partial charge in [-0.15, -0.1) is 0 Å². The SMILES string of the molecule is C[C@@H](OCc1ccc2ccccc2n1)C(=O)O. The summed E-state index contributed by atoms with van der Waals surface area (Å²) in [5, 5.41) is 9.74. The van der Waals surface area contributed by atoms with Crippen molar-refractivity contribution in [3.63, 3.8) is 0 Å². The molecule has 0 spiro atoms. The second-order valence-electron chi connectivity index (χ2n) is 3.79. The summed E-state index contributed by atoms with van der Waals surface area (Å²) in [6, 6.07) is 11.6. The van der Waals surface area contributed by atoms with Crippen molar-refractivity contribution in [2.45, 2.75) is 19.6 Å². The Bertz CT molecular complexity index is 539. The van der Waals surface area contributed by atoms with E-state index in [0.29, 0.717) is 0 Å². The first kappa shape index (κ1) is 11.5. The number of carboxylic acid groups (broad SMARTS) is 1. The van der Waals surface area contributed by atoms with Gasteiger partial charge < -0.3 is 9.84 Å². The number of carbonyl (C=O) groups is 1. The first-order chi connectivity index (χ1) is 8.16. The minimum absolute atomic E-state index is 0.207. The Hall–Kier alpha value is -1.94. The molecular weight excluding hydrogens is 218 g/mol. The van der Waals surface area contributed by atoms with Crippen LogP contribution in [0.5, 0.6) is 0 Å². The molecule has 2 aromatic rings. The predicted octanol–water partition coefficient (Wildman–Crippen LogP) is 2.22. The van der Waals surface area contributed by atoms with Crippen LogP contribution in [0.4, 0.5) is 0 Å². The number of benzene rings is 1. The third kappa shape index (κ3) is 2.79. The van der Waals surface area contributed by atoms with Gasteiger partial charge in [0.15, 0.2) is 6.10 Å². The summed E-state index contributed by atoms with van der Waals surface area (Å²) >= 11 is 0. The quantitative estimate of drug-likeness (QED) is 0.876. The fraction of sp³-hybridized carbons (Fsp3) is 0.231. The van der Waals surface area contributed by atoms with Gasteiger partial charge in [-0.2, -0.15) is 0 Å². The number of aliphatic carboxylic acids is 1. The third-order valence-electron chi connectivity index (χ3n) is 2.49. The highest BCUT2D eigenvalue weighted by Gasteiger charge is 2.11. The van der Waals surface area contributed by atoms with Crippen LogP contribution in [0, 0.1) is 0 Å². The highest BCUT2D eigenvalue weighted by atomic mass is 16.5. The van der Waals surface area contributed by atoms with E-state index in [0.717, 1.165) is 16.6 Å². The van der Waals surface area contributed by atoms with E-state index >= 15 is 0 Å². The molecule has 1 aromatic carbocycles. The number of fused-ring (bicyclic) bond motifs is 1. The number of carboxylic acids is 1. The molecule has 0 saturated heterocycles. The summed E-state index contributed by atoms with van der Waals surface area (Å²) in [5.41, 5.74) is 1.62. The van der Waals surface area contributed by atoms with Crippen molar-refractivity contribution in [3.8, 4) is 0 Å². The van der Waals surface area contributed by atoms with Crippen LogP contribution in [0.2, 0.25) is 0 Å². The molecule has 0 aliphatic carbocycles. The average Bonchev–Trinajstić information content (AvgIpc) is 2.35. The molecule has 1 N–H and O–H groups in total. The van der Waals surface area contributed by atoms with Gasteiger partial charge in [0, 0.05) is 5.39 Å². The van der Waals surface area contributed by atoms with Gasteiger partial charge in [0.05, 0.1) is 17.8 Å². The summed E-state index contributed by atoms with van der Waals surface area (Å²) in [6.45, 7) is 1.71. The van der Waals surface area contributed by atoms with E-state index in [-0.39, 0.29) is 6.61 Å². The maximum absolute atomic E-state index is 10.6. The number of ether oxygens (including phenoxy) is 1. The molecule has 1 atom stereocenters. The van der Waals surface area contributed by atoms with E-state index in [9.17, 15) is 4.79 Å². The van der Waals surface area contributed by atoms with E-state index in [4.69, 9.17) is 9.84 Å². The lowest BCUT2D eigenvalue weighted by Crippen LogP contribution is -2.19. The molecular formula is C13H13NO3. The van der Waals surface area contributed by atoms with Crippen molar-refractivity contribution >= 4 is 16.9 Å². The van der Waals surface area contributed by atoms with Crippen molar-refractivity contribution in [1.29, 1.82) is 0 Å². The molecule has 17 heavy (non-hydrogen) atoms. The molecule has 1 aromatic heterocycles. The molecule has 0 unspecified atom stereocenters. The maximum Gasteiger partial charge on any atom is 0.332 e. The lowest BCUT2D eigenvalue weighted by molar-refractivity contribution is -0.149. The van der Waals surface area contributed by atoms with E-state index in [1.165, 1.54) is 6.92 Å². The van der Waals surface area contributed by atoms with E-state index in [1.807, 2.05) is 36.4 Å². The molecule has 4 heteroatoms. The zero-order valence-electron chi connectivity index (χ0n) is 9.46. The molecule has 0 saturated carbocycles. The van der Waals surface area contributed by atoms with Crippen molar-refractivity contribution in [1.82, 2.24) is 4.98 Å². The van der Waals surface area contributed by atoms with Crippen LogP contribution in [-0.2, 0) is 16.1 Å². The Morgan fingerprint density at radius 2 is 2.12 bits per heavy atom. The van der Waals surface area contributed by atoms with Gasteiger partial charge in [0.1, 0.15) is 0 Å². The molecule has 0 aliphatic rings. The van der Waals surface area contributed by atoms with Crippen molar-refractivity contribution in [2.75, 3.05) is 0 Å². The van der Waals surface area contributed by atoms with Crippen molar-refractivity contribution in [2.24, 2.45) is 0 Å². The van der Waals surface area contributed by atoms with E-state index in [2.05, 4.69) is 4.98 Å². The molecule has 1 heterocycles. The van der Waals surface area contributed by atoms with Crippen LogP contribution >= 0.6 is 0 Å². The Morgan fingerprint density at radius 3 is 2.88 bits per heavy atom. The van der Waals surface area contributed by atoms with Crippen LogP contribution in [-0.4, -0.2) is 22.2 Å². The number of pyridine rings is 1. The number of rotatable bonds is 4. The summed E-state index contributed by atoms with van der Waals surface area (Å²) in [5.74, 6) is -0.967. The normalized spacial score (nSPS) is 12.5. The lowest BCUT2D eigenvalue weighted by Gasteiger charge is -2.08. The molecule has 0 fully saturated rings.